The van der Waals surface area contributed by atoms with E-state index in [-0.39, 0.29) is 0 Å². The van der Waals surface area contributed by atoms with Crippen LogP contribution in [0, 0.1) is 5.92 Å². The number of hydrogen-bond acceptors (Lipinski definition) is 1. The highest BCUT2D eigenvalue weighted by Crippen LogP contribution is 2.37. The fourth-order valence-corrected chi connectivity index (χ4v) is 2.93. The Hall–Kier alpha value is -0.530. The highest BCUT2D eigenvalue weighted by molar-refractivity contribution is 6.30. The molecule has 0 spiro atoms. The Kier molecular flexibility index (Phi) is 4.87. The van der Waals surface area contributed by atoms with E-state index in [1.54, 1.807) is 7.11 Å². The van der Waals surface area contributed by atoms with Gasteiger partial charge >= 0.3 is 0 Å². The molecule has 1 aromatic rings. The quantitative estimate of drug-likeness (QED) is 0.758. The van der Waals surface area contributed by atoms with Gasteiger partial charge in [0, 0.05) is 18.7 Å². The minimum absolute atomic E-state index is 0.742. The van der Waals surface area contributed by atoms with Crippen molar-refractivity contribution in [1.29, 1.82) is 0 Å². The van der Waals surface area contributed by atoms with Crippen LogP contribution in [-0.4, -0.2) is 13.7 Å². The standard InChI is InChI=1S/C15H21ClO/c1-17-11-10-12-2-4-13(5-3-12)14-6-8-15(16)9-7-14/h6-9,12-13H,2-5,10-11H2,1H3. The Morgan fingerprint density at radius 2 is 1.76 bits per heavy atom. The van der Waals surface area contributed by atoms with Crippen LogP contribution in [0.4, 0.5) is 0 Å². The number of ether oxygens (including phenoxy) is 1. The van der Waals surface area contributed by atoms with Crippen molar-refractivity contribution in [2.24, 2.45) is 5.92 Å². The summed E-state index contributed by atoms with van der Waals surface area (Å²) < 4.78 is 5.15. The molecule has 0 N–H and O–H groups in total. The van der Waals surface area contributed by atoms with Gasteiger partial charge in [-0.25, -0.2) is 0 Å². The third kappa shape index (κ3) is 3.72. The Morgan fingerprint density at radius 1 is 1.12 bits per heavy atom. The van der Waals surface area contributed by atoms with E-state index in [9.17, 15) is 0 Å². The van der Waals surface area contributed by atoms with Crippen LogP contribution in [0.1, 0.15) is 43.6 Å². The lowest BCUT2D eigenvalue weighted by Crippen LogP contribution is -2.14. The van der Waals surface area contributed by atoms with Gasteiger partial charge in [0.25, 0.3) is 0 Å². The number of hydrogen-bond donors (Lipinski definition) is 0. The molecule has 1 saturated carbocycles. The van der Waals surface area contributed by atoms with Gasteiger partial charge in [-0.05, 0) is 61.6 Å². The van der Waals surface area contributed by atoms with Gasteiger partial charge in [-0.3, -0.25) is 0 Å². The summed E-state index contributed by atoms with van der Waals surface area (Å²) in [6.45, 7) is 0.913. The second-order valence-corrected chi connectivity index (χ2v) is 5.49. The maximum atomic E-state index is 5.92. The molecule has 2 heteroatoms. The summed E-state index contributed by atoms with van der Waals surface area (Å²) in [5, 5.41) is 0.836. The van der Waals surface area contributed by atoms with Crippen LogP contribution in [0.2, 0.25) is 5.02 Å². The fourth-order valence-electron chi connectivity index (χ4n) is 2.80. The van der Waals surface area contributed by atoms with Crippen molar-refractivity contribution < 1.29 is 4.74 Å². The van der Waals surface area contributed by atoms with E-state index < -0.39 is 0 Å². The summed E-state index contributed by atoms with van der Waals surface area (Å²) in [5.41, 5.74) is 1.46. The molecule has 0 unspecified atom stereocenters. The molecule has 1 aliphatic carbocycles. The molecule has 0 atom stereocenters. The van der Waals surface area contributed by atoms with E-state index in [4.69, 9.17) is 16.3 Å². The first-order valence-electron chi connectivity index (χ1n) is 6.54. The second-order valence-electron chi connectivity index (χ2n) is 5.05. The topological polar surface area (TPSA) is 9.23 Å². The smallest absolute Gasteiger partial charge is 0.0464 e. The zero-order valence-electron chi connectivity index (χ0n) is 10.5. The first kappa shape index (κ1) is 12.9. The average Bonchev–Trinajstić information content (AvgIpc) is 2.38. The molecule has 0 heterocycles. The van der Waals surface area contributed by atoms with E-state index >= 15 is 0 Å². The summed E-state index contributed by atoms with van der Waals surface area (Å²) in [6.07, 6.45) is 6.54. The van der Waals surface area contributed by atoms with E-state index in [0.29, 0.717) is 0 Å². The Labute approximate surface area is 109 Å². The highest BCUT2D eigenvalue weighted by Gasteiger charge is 2.21. The normalized spacial score (nSPS) is 24.8. The molecular formula is C15H21ClO. The number of halogens is 1. The lowest BCUT2D eigenvalue weighted by molar-refractivity contribution is 0.163. The van der Waals surface area contributed by atoms with Crippen molar-refractivity contribution in [3.05, 3.63) is 34.9 Å². The zero-order chi connectivity index (χ0) is 12.1. The van der Waals surface area contributed by atoms with Crippen LogP contribution < -0.4 is 0 Å². The lowest BCUT2D eigenvalue weighted by atomic mass is 9.78. The third-order valence-corrected chi connectivity index (χ3v) is 4.17. The summed E-state index contributed by atoms with van der Waals surface area (Å²) in [6, 6.07) is 8.38. The SMILES string of the molecule is COCCC1CCC(c2ccc(Cl)cc2)CC1. The summed E-state index contributed by atoms with van der Waals surface area (Å²) in [4.78, 5) is 0. The molecule has 2 rings (SSSR count). The molecule has 1 fully saturated rings. The first-order valence-corrected chi connectivity index (χ1v) is 6.92. The van der Waals surface area contributed by atoms with E-state index in [0.717, 1.165) is 23.5 Å². The monoisotopic (exact) mass is 252 g/mol. The minimum Gasteiger partial charge on any atom is -0.385 e. The molecule has 94 valence electrons. The van der Waals surface area contributed by atoms with E-state index in [1.165, 1.54) is 37.7 Å². The third-order valence-electron chi connectivity index (χ3n) is 3.92. The molecule has 0 saturated heterocycles. The average molecular weight is 253 g/mol. The minimum atomic E-state index is 0.742. The molecule has 0 aromatic heterocycles. The van der Waals surface area contributed by atoms with Gasteiger partial charge < -0.3 is 4.74 Å². The summed E-state index contributed by atoms with van der Waals surface area (Å²) >= 11 is 5.92. The molecule has 1 aromatic carbocycles. The predicted molar refractivity (Wildman–Crippen MR) is 72.6 cm³/mol. The van der Waals surface area contributed by atoms with Gasteiger partial charge in [0.15, 0.2) is 0 Å². The molecule has 17 heavy (non-hydrogen) atoms. The molecule has 1 nitrogen and oxygen atoms in total. The van der Waals surface area contributed by atoms with Crippen LogP contribution in [-0.2, 0) is 4.74 Å². The van der Waals surface area contributed by atoms with Gasteiger partial charge in [0.2, 0.25) is 0 Å². The highest BCUT2D eigenvalue weighted by atomic mass is 35.5. The number of methoxy groups -OCH3 is 1. The zero-order valence-corrected chi connectivity index (χ0v) is 11.2. The predicted octanol–water partition coefficient (Wildman–Crippen LogP) is 4.65. The number of rotatable bonds is 4. The van der Waals surface area contributed by atoms with Crippen LogP contribution >= 0.6 is 11.6 Å². The largest absolute Gasteiger partial charge is 0.385 e. The fraction of sp³-hybridized carbons (Fsp3) is 0.600. The molecule has 0 aliphatic heterocycles. The second kappa shape index (κ2) is 6.42. The van der Waals surface area contributed by atoms with Crippen molar-refractivity contribution in [1.82, 2.24) is 0 Å². The van der Waals surface area contributed by atoms with Crippen LogP contribution in [0.15, 0.2) is 24.3 Å². The maximum Gasteiger partial charge on any atom is 0.0464 e. The van der Waals surface area contributed by atoms with E-state index in [1.807, 2.05) is 12.1 Å². The summed E-state index contributed by atoms with van der Waals surface area (Å²) in [5.74, 6) is 1.62. The molecule has 0 radical (unpaired) electrons. The Bertz CT molecular complexity index is 325. The lowest BCUT2D eigenvalue weighted by Gasteiger charge is -2.28. The van der Waals surface area contributed by atoms with Crippen molar-refractivity contribution >= 4 is 11.6 Å². The Balaban J connectivity index is 1.84. The molecule has 0 amide bonds. The first-order chi connectivity index (χ1) is 8.29. The van der Waals surface area contributed by atoms with Gasteiger partial charge in [0.1, 0.15) is 0 Å². The Morgan fingerprint density at radius 3 is 2.35 bits per heavy atom. The van der Waals surface area contributed by atoms with Crippen LogP contribution in [0.25, 0.3) is 0 Å². The molecule has 0 bridgehead atoms. The van der Waals surface area contributed by atoms with Gasteiger partial charge in [-0.2, -0.15) is 0 Å². The van der Waals surface area contributed by atoms with Crippen molar-refractivity contribution in [3.8, 4) is 0 Å². The van der Waals surface area contributed by atoms with Crippen molar-refractivity contribution in [2.45, 2.75) is 38.0 Å². The van der Waals surface area contributed by atoms with Crippen LogP contribution in [0.5, 0.6) is 0 Å². The van der Waals surface area contributed by atoms with E-state index in [2.05, 4.69) is 12.1 Å². The van der Waals surface area contributed by atoms with Crippen molar-refractivity contribution in [3.63, 3.8) is 0 Å². The summed E-state index contributed by atoms with van der Waals surface area (Å²) in [7, 11) is 1.79. The van der Waals surface area contributed by atoms with Crippen molar-refractivity contribution in [2.75, 3.05) is 13.7 Å². The van der Waals surface area contributed by atoms with Gasteiger partial charge in [-0.1, -0.05) is 23.7 Å². The van der Waals surface area contributed by atoms with Crippen LogP contribution in [0.3, 0.4) is 0 Å². The van der Waals surface area contributed by atoms with Gasteiger partial charge in [0.05, 0.1) is 0 Å². The molecule has 1 aliphatic rings. The number of benzene rings is 1. The van der Waals surface area contributed by atoms with Gasteiger partial charge in [-0.15, -0.1) is 0 Å². The maximum absolute atomic E-state index is 5.92. The molecular weight excluding hydrogens is 232 g/mol.